The Morgan fingerprint density at radius 2 is 1.80 bits per heavy atom. The normalized spacial score (nSPS) is 13.4. The summed E-state index contributed by atoms with van der Waals surface area (Å²) in [5.74, 6) is 0. The molecule has 1 heterocycles. The SMILES string of the molecule is O=P(O)(O)C(Cc1ccn[nH]1)P(=O)(O)O. The van der Waals surface area contributed by atoms with E-state index in [1.165, 1.54) is 12.3 Å². The topological polar surface area (TPSA) is 144 Å². The highest BCUT2D eigenvalue weighted by atomic mass is 31.2. The zero-order valence-corrected chi connectivity index (χ0v) is 9.18. The zero-order valence-electron chi connectivity index (χ0n) is 7.39. The summed E-state index contributed by atoms with van der Waals surface area (Å²) in [6.07, 6.45) is 0.875. The van der Waals surface area contributed by atoms with E-state index in [1.54, 1.807) is 0 Å². The maximum absolute atomic E-state index is 10.9. The Hall–Kier alpha value is -0.490. The number of nitrogens with one attached hydrogen (secondary N) is 1. The van der Waals surface area contributed by atoms with E-state index in [9.17, 15) is 9.13 Å². The van der Waals surface area contributed by atoms with Crippen LogP contribution in [-0.4, -0.2) is 35.2 Å². The minimum absolute atomic E-state index is 0.256. The molecule has 1 rings (SSSR count). The molecule has 1 aromatic heterocycles. The Labute approximate surface area is 84.7 Å². The minimum Gasteiger partial charge on any atom is -0.324 e. The van der Waals surface area contributed by atoms with Gasteiger partial charge >= 0.3 is 15.2 Å². The molecule has 0 saturated heterocycles. The molecule has 1 aromatic rings. The summed E-state index contributed by atoms with van der Waals surface area (Å²) in [6.45, 7) is 0. The summed E-state index contributed by atoms with van der Waals surface area (Å²) in [5.41, 5.74) is 0.256. The van der Waals surface area contributed by atoms with E-state index in [4.69, 9.17) is 19.6 Å². The Bertz CT molecular complexity index is 383. The van der Waals surface area contributed by atoms with Gasteiger partial charge in [0.15, 0.2) is 5.40 Å². The first-order valence-corrected chi connectivity index (χ1v) is 7.16. The van der Waals surface area contributed by atoms with E-state index in [2.05, 4.69) is 10.2 Å². The molecule has 10 heteroatoms. The minimum atomic E-state index is -4.85. The summed E-state index contributed by atoms with van der Waals surface area (Å²) >= 11 is 0. The number of aromatic nitrogens is 2. The fourth-order valence-electron chi connectivity index (χ4n) is 1.03. The van der Waals surface area contributed by atoms with Crippen LogP contribution in [0.1, 0.15) is 5.69 Å². The Morgan fingerprint density at radius 1 is 1.27 bits per heavy atom. The third-order valence-corrected chi connectivity index (χ3v) is 5.46. The van der Waals surface area contributed by atoms with Crippen LogP contribution < -0.4 is 0 Å². The van der Waals surface area contributed by atoms with Gasteiger partial charge in [-0.1, -0.05) is 0 Å². The Kier molecular flexibility index (Phi) is 3.50. The maximum Gasteiger partial charge on any atom is 0.341 e. The molecule has 0 spiro atoms. The van der Waals surface area contributed by atoms with Crippen molar-refractivity contribution in [2.45, 2.75) is 11.8 Å². The van der Waals surface area contributed by atoms with E-state index in [0.717, 1.165) is 0 Å². The van der Waals surface area contributed by atoms with Crippen molar-refractivity contribution in [2.75, 3.05) is 0 Å². The molecular weight excluding hydrogens is 246 g/mol. The van der Waals surface area contributed by atoms with Gasteiger partial charge in [-0.05, 0) is 6.07 Å². The molecule has 0 aliphatic heterocycles. The van der Waals surface area contributed by atoms with Crippen LogP contribution in [0.5, 0.6) is 0 Å². The zero-order chi connectivity index (χ0) is 11.7. The number of hydrogen-bond acceptors (Lipinski definition) is 3. The molecular formula is C5H10N2O6P2. The van der Waals surface area contributed by atoms with Crippen molar-refractivity contribution in [1.29, 1.82) is 0 Å². The van der Waals surface area contributed by atoms with Crippen LogP contribution in [0.4, 0.5) is 0 Å². The second kappa shape index (κ2) is 4.17. The van der Waals surface area contributed by atoms with E-state index in [1.807, 2.05) is 0 Å². The number of hydrogen-bond donors (Lipinski definition) is 5. The first kappa shape index (κ1) is 12.6. The highest BCUT2D eigenvalue weighted by Crippen LogP contribution is 2.60. The number of H-pyrrole nitrogens is 1. The molecule has 0 unspecified atom stereocenters. The smallest absolute Gasteiger partial charge is 0.324 e. The lowest BCUT2D eigenvalue weighted by atomic mass is 10.3. The van der Waals surface area contributed by atoms with Gasteiger partial charge in [0.25, 0.3) is 0 Å². The number of aromatic amines is 1. The van der Waals surface area contributed by atoms with Crippen LogP contribution in [-0.2, 0) is 15.6 Å². The monoisotopic (exact) mass is 256 g/mol. The van der Waals surface area contributed by atoms with Gasteiger partial charge in [0.05, 0.1) is 0 Å². The van der Waals surface area contributed by atoms with Crippen LogP contribution >= 0.6 is 15.2 Å². The fraction of sp³-hybridized carbons (Fsp3) is 0.400. The Balaban J connectivity index is 2.95. The van der Waals surface area contributed by atoms with Crippen LogP contribution in [0, 0.1) is 0 Å². The van der Waals surface area contributed by atoms with Gasteiger partial charge in [-0.15, -0.1) is 0 Å². The molecule has 0 radical (unpaired) electrons. The van der Waals surface area contributed by atoms with Gasteiger partial charge in [-0.2, -0.15) is 5.10 Å². The first-order valence-electron chi connectivity index (χ1n) is 3.80. The molecule has 86 valence electrons. The molecule has 15 heavy (non-hydrogen) atoms. The third-order valence-electron chi connectivity index (χ3n) is 1.74. The molecule has 0 aliphatic carbocycles. The predicted octanol–water partition coefficient (Wildman–Crippen LogP) is -0.366. The average Bonchev–Trinajstić information content (AvgIpc) is 2.46. The fourth-order valence-corrected chi connectivity index (χ4v) is 3.47. The van der Waals surface area contributed by atoms with Gasteiger partial charge in [-0.3, -0.25) is 14.2 Å². The van der Waals surface area contributed by atoms with Crippen LogP contribution in [0.15, 0.2) is 12.3 Å². The van der Waals surface area contributed by atoms with Gasteiger partial charge in [0.1, 0.15) is 0 Å². The second-order valence-electron chi connectivity index (χ2n) is 2.94. The second-order valence-corrected chi connectivity index (χ2v) is 6.96. The summed E-state index contributed by atoms with van der Waals surface area (Å²) < 4.78 is 21.7. The average molecular weight is 256 g/mol. The molecule has 0 aromatic carbocycles. The Morgan fingerprint density at radius 3 is 2.13 bits per heavy atom. The van der Waals surface area contributed by atoms with Crippen molar-refractivity contribution in [3.8, 4) is 0 Å². The van der Waals surface area contributed by atoms with E-state index in [-0.39, 0.29) is 5.69 Å². The van der Waals surface area contributed by atoms with Crippen LogP contribution in [0.25, 0.3) is 0 Å². The predicted molar refractivity (Wildman–Crippen MR) is 50.2 cm³/mol. The third kappa shape index (κ3) is 3.53. The largest absolute Gasteiger partial charge is 0.341 e. The summed E-state index contributed by atoms with van der Waals surface area (Å²) in [4.78, 5) is 35.2. The lowest BCUT2D eigenvalue weighted by molar-refractivity contribution is 0.337. The molecule has 0 fully saturated rings. The van der Waals surface area contributed by atoms with Crippen molar-refractivity contribution >= 4 is 15.2 Å². The molecule has 0 amide bonds. The molecule has 0 saturated carbocycles. The lowest BCUT2D eigenvalue weighted by Crippen LogP contribution is -2.13. The standard InChI is InChI=1S/C5H10N2O6P2/c8-14(9,10)5(15(11,12)13)3-4-1-2-6-7-4/h1-2,5H,3H2,(H,6,7)(H2,8,9,10)(H2,11,12,13). The van der Waals surface area contributed by atoms with Gasteiger partial charge in [-0.25, -0.2) is 0 Å². The van der Waals surface area contributed by atoms with E-state index in [0.29, 0.717) is 0 Å². The van der Waals surface area contributed by atoms with Gasteiger partial charge in [0, 0.05) is 18.3 Å². The quantitative estimate of drug-likeness (QED) is 0.462. The van der Waals surface area contributed by atoms with Crippen molar-refractivity contribution in [3.63, 3.8) is 0 Å². The van der Waals surface area contributed by atoms with Crippen molar-refractivity contribution in [3.05, 3.63) is 18.0 Å². The molecule has 8 nitrogen and oxygen atoms in total. The molecule has 0 aliphatic rings. The molecule has 0 bridgehead atoms. The maximum atomic E-state index is 10.9. The van der Waals surface area contributed by atoms with Crippen LogP contribution in [0.3, 0.4) is 0 Å². The van der Waals surface area contributed by atoms with Crippen molar-refractivity contribution < 1.29 is 28.7 Å². The number of nitrogens with zero attached hydrogens (tertiary/aromatic N) is 1. The molecule has 0 atom stereocenters. The first-order chi connectivity index (χ1) is 6.71. The summed E-state index contributed by atoms with van der Waals surface area (Å²) in [7, 11) is -9.70. The van der Waals surface area contributed by atoms with Crippen molar-refractivity contribution in [2.24, 2.45) is 0 Å². The lowest BCUT2D eigenvalue weighted by Gasteiger charge is -2.18. The molecule has 5 N–H and O–H groups in total. The van der Waals surface area contributed by atoms with E-state index < -0.39 is 27.0 Å². The highest BCUT2D eigenvalue weighted by Gasteiger charge is 2.43. The summed E-state index contributed by atoms with van der Waals surface area (Å²) in [5, 5.41) is 3.86. The van der Waals surface area contributed by atoms with Gasteiger partial charge < -0.3 is 19.6 Å². The van der Waals surface area contributed by atoms with Crippen molar-refractivity contribution in [1.82, 2.24) is 10.2 Å². The van der Waals surface area contributed by atoms with Gasteiger partial charge in [0.2, 0.25) is 0 Å². The number of rotatable bonds is 4. The van der Waals surface area contributed by atoms with E-state index >= 15 is 0 Å². The summed E-state index contributed by atoms with van der Waals surface area (Å²) in [6, 6.07) is 1.39. The highest BCUT2D eigenvalue weighted by molar-refractivity contribution is 7.70. The van der Waals surface area contributed by atoms with Crippen LogP contribution in [0.2, 0.25) is 0 Å².